The molecule has 5 N–H and O–H groups in total. The highest BCUT2D eigenvalue weighted by molar-refractivity contribution is 7.85. The van der Waals surface area contributed by atoms with Crippen molar-refractivity contribution in [2.45, 2.75) is 12.5 Å². The number of nitro benzene ring substituents is 1. The van der Waals surface area contributed by atoms with Crippen LogP contribution in [0.2, 0.25) is 0 Å². The number of aliphatic carboxylic acids is 2. The van der Waals surface area contributed by atoms with E-state index in [9.17, 15) is 28.1 Å². The van der Waals surface area contributed by atoms with Gasteiger partial charge >= 0.3 is 17.6 Å². The smallest absolute Gasteiger partial charge is 0.341 e. The average Bonchev–Trinajstić information content (AvgIpc) is 2.50. The van der Waals surface area contributed by atoms with Gasteiger partial charge in [0, 0.05) is 6.07 Å². The number of nitro groups is 1. The summed E-state index contributed by atoms with van der Waals surface area (Å²) in [6, 6.07) is 4.37. The zero-order chi connectivity index (χ0) is 19.6. The van der Waals surface area contributed by atoms with Crippen LogP contribution in [0.4, 0.5) is 5.69 Å². The number of carboxylic acids is 2. The summed E-state index contributed by atoms with van der Waals surface area (Å²) in [6.45, 7) is -0.592. The molecule has 0 aliphatic rings. The Hall–Kier alpha value is -2.77. The molecule has 1 unspecified atom stereocenters. The SMILES string of the molecule is NC(CCS(=O)(=O)O)C(=O)O.O=C(O)COc1ccccc1[N+](=O)[O-]. The summed E-state index contributed by atoms with van der Waals surface area (Å²) in [5.74, 6) is -3.13. The van der Waals surface area contributed by atoms with E-state index in [1.165, 1.54) is 24.3 Å². The highest BCUT2D eigenvalue weighted by atomic mass is 32.2. The Morgan fingerprint density at radius 1 is 1.28 bits per heavy atom. The molecule has 140 valence electrons. The van der Waals surface area contributed by atoms with E-state index in [4.69, 9.17) is 25.2 Å². The molecule has 0 aliphatic heterocycles. The van der Waals surface area contributed by atoms with Crippen molar-refractivity contribution >= 4 is 27.7 Å². The van der Waals surface area contributed by atoms with Crippen LogP contribution in [0.25, 0.3) is 0 Å². The second-order valence-corrected chi connectivity index (χ2v) is 6.00. The number of carboxylic acid groups (broad SMARTS) is 2. The second kappa shape index (κ2) is 10.2. The van der Waals surface area contributed by atoms with Crippen molar-refractivity contribution in [3.05, 3.63) is 34.4 Å². The summed E-state index contributed by atoms with van der Waals surface area (Å²) >= 11 is 0. The fraction of sp³-hybridized carbons (Fsp3) is 0.333. The van der Waals surface area contributed by atoms with Crippen molar-refractivity contribution in [1.29, 1.82) is 0 Å². The predicted octanol–water partition coefficient (Wildman–Crippen LogP) is -0.266. The van der Waals surface area contributed by atoms with Gasteiger partial charge in [-0.05, 0) is 12.5 Å². The number of rotatable bonds is 8. The van der Waals surface area contributed by atoms with Gasteiger partial charge in [-0.1, -0.05) is 12.1 Å². The van der Waals surface area contributed by atoms with Gasteiger partial charge in [0.15, 0.2) is 12.4 Å². The maximum Gasteiger partial charge on any atom is 0.341 e. The summed E-state index contributed by atoms with van der Waals surface area (Å²) in [5, 5.41) is 26.9. The number of nitrogens with two attached hydrogens (primary N) is 1. The second-order valence-electron chi connectivity index (χ2n) is 4.43. The zero-order valence-corrected chi connectivity index (χ0v) is 13.5. The van der Waals surface area contributed by atoms with E-state index in [1.54, 1.807) is 0 Å². The van der Waals surface area contributed by atoms with Crippen LogP contribution in [-0.2, 0) is 19.7 Å². The molecule has 0 saturated carbocycles. The summed E-state index contributed by atoms with van der Waals surface area (Å²) in [6.07, 6.45) is -0.284. The van der Waals surface area contributed by atoms with Crippen molar-refractivity contribution in [2.24, 2.45) is 5.73 Å². The van der Waals surface area contributed by atoms with Crippen LogP contribution < -0.4 is 10.5 Å². The topological polar surface area (TPSA) is 207 Å². The summed E-state index contributed by atoms with van der Waals surface area (Å²) in [4.78, 5) is 30.0. The molecule has 0 radical (unpaired) electrons. The van der Waals surface area contributed by atoms with Crippen LogP contribution in [0.1, 0.15) is 6.42 Å². The van der Waals surface area contributed by atoms with E-state index in [1.807, 2.05) is 0 Å². The maximum absolute atomic E-state index is 10.4. The Balaban J connectivity index is 0.000000477. The van der Waals surface area contributed by atoms with Crippen LogP contribution in [-0.4, -0.2) is 58.4 Å². The molecule has 0 bridgehead atoms. The Bertz CT molecular complexity index is 718. The summed E-state index contributed by atoms with van der Waals surface area (Å²) in [5.41, 5.74) is 4.71. The van der Waals surface area contributed by atoms with Crippen LogP contribution in [0.5, 0.6) is 5.75 Å². The number of para-hydroxylation sites is 2. The molecule has 0 fully saturated rings. The Labute approximate surface area is 141 Å². The first-order chi connectivity index (χ1) is 11.4. The summed E-state index contributed by atoms with van der Waals surface area (Å²) in [7, 11) is -4.10. The first kappa shape index (κ1) is 22.2. The van der Waals surface area contributed by atoms with Crippen molar-refractivity contribution in [3.63, 3.8) is 0 Å². The minimum atomic E-state index is -4.10. The van der Waals surface area contributed by atoms with Gasteiger partial charge in [-0.3, -0.25) is 19.5 Å². The fourth-order valence-electron chi connectivity index (χ4n) is 1.27. The molecule has 0 aliphatic carbocycles. The molecule has 13 heteroatoms. The molecule has 0 amide bonds. The van der Waals surface area contributed by atoms with Crippen LogP contribution in [0.3, 0.4) is 0 Å². The third-order valence-electron chi connectivity index (χ3n) is 2.42. The number of ether oxygens (including phenoxy) is 1. The van der Waals surface area contributed by atoms with Crippen molar-refractivity contribution < 1.29 is 42.4 Å². The van der Waals surface area contributed by atoms with Gasteiger partial charge in [0.2, 0.25) is 0 Å². The third kappa shape index (κ3) is 10.6. The van der Waals surface area contributed by atoms with E-state index in [0.29, 0.717) is 0 Å². The van der Waals surface area contributed by atoms with Crippen molar-refractivity contribution in [1.82, 2.24) is 0 Å². The molecular weight excluding hydrogens is 364 g/mol. The van der Waals surface area contributed by atoms with Crippen molar-refractivity contribution in [3.8, 4) is 5.75 Å². The Kier molecular flexibility index (Phi) is 9.04. The van der Waals surface area contributed by atoms with Crippen LogP contribution in [0.15, 0.2) is 24.3 Å². The van der Waals surface area contributed by atoms with Gasteiger partial charge in [-0.25, -0.2) is 4.79 Å². The fourth-order valence-corrected chi connectivity index (χ4v) is 1.82. The molecular formula is C12H16N2O10S. The van der Waals surface area contributed by atoms with E-state index in [2.05, 4.69) is 0 Å². The molecule has 0 saturated heterocycles. The zero-order valence-electron chi connectivity index (χ0n) is 12.6. The number of hydrogen-bond acceptors (Lipinski definition) is 8. The van der Waals surface area contributed by atoms with Gasteiger partial charge in [0.05, 0.1) is 10.7 Å². The van der Waals surface area contributed by atoms with E-state index >= 15 is 0 Å². The third-order valence-corrected chi connectivity index (χ3v) is 3.17. The van der Waals surface area contributed by atoms with Gasteiger partial charge in [0.1, 0.15) is 6.04 Å². The maximum atomic E-state index is 10.4. The number of carbonyl (C=O) groups is 2. The number of nitrogens with zero attached hydrogens (tertiary/aromatic N) is 1. The lowest BCUT2D eigenvalue weighted by Crippen LogP contribution is -2.32. The molecule has 1 aromatic rings. The number of hydrogen-bond donors (Lipinski definition) is 4. The van der Waals surface area contributed by atoms with Crippen molar-refractivity contribution in [2.75, 3.05) is 12.4 Å². The molecule has 1 rings (SSSR count). The van der Waals surface area contributed by atoms with Crippen LogP contribution >= 0.6 is 0 Å². The normalized spacial score (nSPS) is 11.6. The van der Waals surface area contributed by atoms with Gasteiger partial charge in [0.25, 0.3) is 10.1 Å². The lowest BCUT2D eigenvalue weighted by atomic mass is 10.2. The lowest BCUT2D eigenvalue weighted by Gasteiger charge is -2.02. The molecule has 0 spiro atoms. The van der Waals surface area contributed by atoms with E-state index in [-0.39, 0.29) is 17.9 Å². The van der Waals surface area contributed by atoms with Gasteiger partial charge in [-0.15, -0.1) is 0 Å². The first-order valence-corrected chi connectivity index (χ1v) is 8.06. The average molecular weight is 380 g/mol. The highest BCUT2D eigenvalue weighted by Gasteiger charge is 2.15. The monoisotopic (exact) mass is 380 g/mol. The molecule has 1 aromatic carbocycles. The largest absolute Gasteiger partial charge is 0.480 e. The van der Waals surface area contributed by atoms with Gasteiger partial charge < -0.3 is 20.7 Å². The molecule has 25 heavy (non-hydrogen) atoms. The Morgan fingerprint density at radius 2 is 1.84 bits per heavy atom. The standard InChI is InChI=1S/C8H7NO5.C4H9NO5S/c10-8(11)5-14-7-4-2-1-3-6(7)9(12)13;5-3(4(6)7)1-2-11(8,9)10/h1-4H,5H2,(H,10,11);3H,1-2,5H2,(H,6,7)(H,8,9,10). The molecule has 12 nitrogen and oxygen atoms in total. The predicted molar refractivity (Wildman–Crippen MR) is 82.9 cm³/mol. The van der Waals surface area contributed by atoms with Gasteiger partial charge in [-0.2, -0.15) is 8.42 Å². The number of benzene rings is 1. The first-order valence-electron chi connectivity index (χ1n) is 6.45. The molecule has 0 aromatic heterocycles. The molecule has 1 atom stereocenters. The quantitative estimate of drug-likeness (QED) is 0.262. The Morgan fingerprint density at radius 3 is 2.28 bits per heavy atom. The van der Waals surface area contributed by atoms with E-state index < -0.39 is 45.4 Å². The molecule has 0 heterocycles. The van der Waals surface area contributed by atoms with E-state index in [0.717, 1.165) is 0 Å². The highest BCUT2D eigenvalue weighted by Crippen LogP contribution is 2.25. The summed E-state index contributed by atoms with van der Waals surface area (Å²) < 4.78 is 33.0. The minimum Gasteiger partial charge on any atom is -0.480 e. The minimum absolute atomic E-state index is 0.0418. The lowest BCUT2D eigenvalue weighted by molar-refractivity contribution is -0.385. The van der Waals surface area contributed by atoms with Crippen LogP contribution in [0, 0.1) is 10.1 Å².